The zero-order valence-electron chi connectivity index (χ0n) is 20.6. The molecule has 0 aromatic carbocycles. The Labute approximate surface area is 212 Å². The maximum Gasteiger partial charge on any atom is 0.421 e. The normalized spacial score (nSPS) is 24.1. The first-order chi connectivity index (χ1) is 17.7. The van der Waals surface area contributed by atoms with Crippen LogP contribution in [0, 0.1) is 5.92 Å². The number of alkyl halides is 3. The summed E-state index contributed by atoms with van der Waals surface area (Å²) in [5.74, 6) is -0.0124. The molecule has 37 heavy (non-hydrogen) atoms. The van der Waals surface area contributed by atoms with Gasteiger partial charge in [-0.25, -0.2) is 15.0 Å². The number of methoxy groups -OCH3 is 1. The number of anilines is 1. The number of ether oxygens (including phenoxy) is 2. The van der Waals surface area contributed by atoms with E-state index in [2.05, 4.69) is 15.0 Å². The fourth-order valence-electron chi connectivity index (χ4n) is 5.38. The van der Waals surface area contributed by atoms with Crippen molar-refractivity contribution in [3.8, 4) is 11.8 Å². The molecule has 0 bridgehead atoms. The van der Waals surface area contributed by atoms with Crippen molar-refractivity contribution in [1.29, 1.82) is 0 Å². The number of hydrogen-bond acceptors (Lipinski definition) is 8. The third-order valence-corrected chi connectivity index (χ3v) is 7.44. The first-order valence-corrected chi connectivity index (χ1v) is 12.6. The Bertz CT molecular complexity index is 1140. The van der Waals surface area contributed by atoms with E-state index in [1.54, 1.807) is 4.90 Å². The number of likely N-dealkylation sites (tertiary alicyclic amines) is 1. The van der Waals surface area contributed by atoms with E-state index in [9.17, 15) is 23.1 Å². The van der Waals surface area contributed by atoms with Crippen molar-refractivity contribution < 1.29 is 32.5 Å². The molecule has 9 nitrogen and oxygen atoms in total. The number of hydrogen-bond donors (Lipinski definition) is 1. The predicted octanol–water partition coefficient (Wildman–Crippen LogP) is 2.99. The van der Waals surface area contributed by atoms with Gasteiger partial charge in [0, 0.05) is 31.8 Å². The van der Waals surface area contributed by atoms with Crippen LogP contribution in [0.25, 0.3) is 0 Å². The summed E-state index contributed by atoms with van der Waals surface area (Å²) in [4.78, 5) is 29.1. The molecule has 200 valence electrons. The number of pyridine rings is 1. The zero-order chi connectivity index (χ0) is 26.2. The lowest BCUT2D eigenvalue weighted by Crippen LogP contribution is -2.38. The minimum absolute atomic E-state index is 0.0535. The topological polar surface area (TPSA) is 101 Å². The van der Waals surface area contributed by atoms with Gasteiger partial charge in [0.05, 0.1) is 49.4 Å². The predicted molar refractivity (Wildman–Crippen MR) is 126 cm³/mol. The highest BCUT2D eigenvalue weighted by Crippen LogP contribution is 2.38. The van der Waals surface area contributed by atoms with Gasteiger partial charge < -0.3 is 24.4 Å². The lowest BCUT2D eigenvalue weighted by atomic mass is 9.86. The molecule has 0 unspecified atom stereocenters. The molecule has 1 amide bonds. The summed E-state index contributed by atoms with van der Waals surface area (Å²) in [7, 11) is 1.16. The summed E-state index contributed by atoms with van der Waals surface area (Å²) in [6.07, 6.45) is 1.57. The molecule has 1 atom stereocenters. The Morgan fingerprint density at radius 3 is 2.59 bits per heavy atom. The quantitative estimate of drug-likeness (QED) is 0.641. The van der Waals surface area contributed by atoms with E-state index in [1.165, 1.54) is 12.5 Å². The van der Waals surface area contributed by atoms with E-state index in [-0.39, 0.29) is 30.6 Å². The molecule has 1 saturated carbocycles. The molecule has 1 N–H and O–H groups in total. The van der Waals surface area contributed by atoms with Crippen molar-refractivity contribution in [2.45, 2.75) is 63.5 Å². The SMILES string of the molecule is COc1ncc(N2CCc3ncnc(O[C@H]4CCN(C(=O)C5CCC(O)CC5)C4)c3C2)cc1C(F)(F)F. The third-order valence-electron chi connectivity index (χ3n) is 7.44. The molecule has 1 aliphatic carbocycles. The number of carbonyl (C=O) groups is 1. The van der Waals surface area contributed by atoms with Gasteiger partial charge in [-0.15, -0.1) is 0 Å². The maximum absolute atomic E-state index is 13.5. The van der Waals surface area contributed by atoms with Gasteiger partial charge in [0.25, 0.3) is 0 Å². The highest BCUT2D eigenvalue weighted by molar-refractivity contribution is 5.79. The molecule has 2 aromatic heterocycles. The first-order valence-electron chi connectivity index (χ1n) is 12.6. The number of aliphatic hydroxyl groups is 1. The molecule has 5 rings (SSSR count). The second kappa shape index (κ2) is 10.3. The number of halogens is 3. The van der Waals surface area contributed by atoms with Gasteiger partial charge in [0.1, 0.15) is 18.0 Å². The van der Waals surface area contributed by atoms with Gasteiger partial charge >= 0.3 is 6.18 Å². The molecular weight excluding hydrogens is 491 g/mol. The van der Waals surface area contributed by atoms with Crippen LogP contribution in [0.3, 0.4) is 0 Å². The average molecular weight is 522 g/mol. The van der Waals surface area contributed by atoms with Gasteiger partial charge in [-0.1, -0.05) is 0 Å². The van der Waals surface area contributed by atoms with Crippen LogP contribution in [0.15, 0.2) is 18.6 Å². The van der Waals surface area contributed by atoms with Crippen molar-refractivity contribution in [1.82, 2.24) is 19.9 Å². The van der Waals surface area contributed by atoms with Crippen LogP contribution in [0.2, 0.25) is 0 Å². The van der Waals surface area contributed by atoms with E-state index in [4.69, 9.17) is 9.47 Å². The number of fused-ring (bicyclic) bond motifs is 1. The summed E-state index contributed by atoms with van der Waals surface area (Å²) in [5, 5.41) is 9.72. The van der Waals surface area contributed by atoms with E-state index < -0.39 is 17.6 Å². The van der Waals surface area contributed by atoms with Crippen LogP contribution < -0.4 is 14.4 Å². The van der Waals surface area contributed by atoms with E-state index in [0.717, 1.165) is 24.4 Å². The molecular formula is C25H30F3N5O4. The largest absolute Gasteiger partial charge is 0.481 e. The smallest absolute Gasteiger partial charge is 0.421 e. The number of aliphatic hydroxyl groups excluding tert-OH is 1. The molecule has 2 aromatic rings. The number of rotatable bonds is 5. The first kappa shape index (κ1) is 25.5. The number of aromatic nitrogens is 3. The molecule has 2 fully saturated rings. The fraction of sp³-hybridized carbons (Fsp3) is 0.600. The summed E-state index contributed by atoms with van der Waals surface area (Å²) in [6.45, 7) is 1.80. The molecule has 3 aliphatic rings. The van der Waals surface area contributed by atoms with Gasteiger partial charge in [0.15, 0.2) is 0 Å². The molecule has 0 radical (unpaired) electrons. The Morgan fingerprint density at radius 2 is 1.86 bits per heavy atom. The van der Waals surface area contributed by atoms with Crippen molar-refractivity contribution >= 4 is 11.6 Å². The van der Waals surface area contributed by atoms with Crippen molar-refractivity contribution in [2.75, 3.05) is 31.6 Å². The van der Waals surface area contributed by atoms with Gasteiger partial charge in [0.2, 0.25) is 17.7 Å². The second-order valence-corrected chi connectivity index (χ2v) is 9.84. The highest BCUT2D eigenvalue weighted by atomic mass is 19.4. The van der Waals surface area contributed by atoms with E-state index in [1.807, 2.05) is 4.90 Å². The van der Waals surface area contributed by atoms with Crippen molar-refractivity contribution in [3.63, 3.8) is 0 Å². The van der Waals surface area contributed by atoms with Crippen LogP contribution in [0.5, 0.6) is 11.8 Å². The van der Waals surface area contributed by atoms with Crippen molar-refractivity contribution in [3.05, 3.63) is 35.4 Å². The Kier molecular flexibility index (Phi) is 7.11. The lowest BCUT2D eigenvalue weighted by Gasteiger charge is -2.31. The minimum atomic E-state index is -4.59. The highest BCUT2D eigenvalue weighted by Gasteiger charge is 2.37. The standard InChI is InChI=1S/C25H30F3N5O4/c1-36-23-20(25(26,27)28)10-16(11-29-23)32-9-7-21-19(13-32)22(31-14-30-21)37-18-6-8-33(12-18)24(35)15-2-4-17(34)5-3-15/h10-11,14-15,17-18,34H,2-9,12-13H2,1H3/t15?,17?,18-/m0/s1. The lowest BCUT2D eigenvalue weighted by molar-refractivity contribution is -0.139. The molecule has 12 heteroatoms. The number of amides is 1. The summed E-state index contributed by atoms with van der Waals surface area (Å²) >= 11 is 0. The maximum atomic E-state index is 13.5. The van der Waals surface area contributed by atoms with Crippen LogP contribution in [0.1, 0.15) is 48.9 Å². The molecule has 2 aliphatic heterocycles. The Morgan fingerprint density at radius 1 is 1.08 bits per heavy atom. The van der Waals surface area contributed by atoms with Crippen LogP contribution >= 0.6 is 0 Å². The fourth-order valence-corrected chi connectivity index (χ4v) is 5.38. The van der Waals surface area contributed by atoms with Gasteiger partial charge in [-0.3, -0.25) is 4.79 Å². The van der Waals surface area contributed by atoms with E-state index in [0.29, 0.717) is 69.7 Å². The van der Waals surface area contributed by atoms with Crippen LogP contribution in [0.4, 0.5) is 18.9 Å². The second-order valence-electron chi connectivity index (χ2n) is 9.84. The molecule has 1 saturated heterocycles. The van der Waals surface area contributed by atoms with Crippen LogP contribution in [-0.2, 0) is 23.9 Å². The molecule has 4 heterocycles. The number of nitrogens with zero attached hydrogens (tertiary/aromatic N) is 5. The third kappa shape index (κ3) is 5.43. The van der Waals surface area contributed by atoms with Crippen molar-refractivity contribution in [2.24, 2.45) is 5.92 Å². The average Bonchev–Trinajstić information content (AvgIpc) is 3.36. The summed E-state index contributed by atoms with van der Waals surface area (Å²) < 4.78 is 51.6. The van der Waals surface area contributed by atoms with Gasteiger partial charge in [-0.05, 0) is 31.7 Å². The number of carbonyl (C=O) groups excluding carboxylic acids is 1. The zero-order valence-corrected chi connectivity index (χ0v) is 20.6. The molecule has 0 spiro atoms. The van der Waals surface area contributed by atoms with E-state index >= 15 is 0 Å². The summed E-state index contributed by atoms with van der Waals surface area (Å²) in [6, 6.07) is 1.05. The Balaban J connectivity index is 1.28. The Hall–Kier alpha value is -3.15. The van der Waals surface area contributed by atoms with Gasteiger partial charge in [-0.2, -0.15) is 13.2 Å². The summed E-state index contributed by atoms with van der Waals surface area (Å²) in [5.41, 5.74) is 0.917. The monoisotopic (exact) mass is 521 g/mol. The van der Waals surface area contributed by atoms with Crippen LogP contribution in [-0.4, -0.2) is 69.8 Å². The minimum Gasteiger partial charge on any atom is -0.481 e.